The second-order valence-electron chi connectivity index (χ2n) is 5.56. The van der Waals surface area contributed by atoms with Crippen LogP contribution in [0.2, 0.25) is 0 Å². The van der Waals surface area contributed by atoms with Gasteiger partial charge in [-0.1, -0.05) is 18.2 Å². The molecule has 1 fully saturated rings. The molecule has 0 aromatic heterocycles. The van der Waals surface area contributed by atoms with Crippen molar-refractivity contribution in [2.45, 2.75) is 4.90 Å². The van der Waals surface area contributed by atoms with Crippen molar-refractivity contribution in [2.24, 2.45) is 0 Å². The van der Waals surface area contributed by atoms with E-state index in [1.54, 1.807) is 30.3 Å². The van der Waals surface area contributed by atoms with Gasteiger partial charge in [0.15, 0.2) is 0 Å². The number of rotatable bonds is 5. The molecule has 0 amide bonds. The molecule has 1 saturated heterocycles. The van der Waals surface area contributed by atoms with Gasteiger partial charge in [-0.05, 0) is 30.3 Å². The van der Waals surface area contributed by atoms with Crippen LogP contribution in [0.1, 0.15) is 10.4 Å². The minimum Gasteiger partial charge on any atom is -0.478 e. The van der Waals surface area contributed by atoms with Gasteiger partial charge < -0.3 is 14.7 Å². The normalized spacial score (nSPS) is 15.0. The topological polar surface area (TPSA) is 95.9 Å². The summed E-state index contributed by atoms with van der Waals surface area (Å²) in [6, 6.07) is 12.6. The number of carboxylic acid groups (broad SMARTS) is 1. The van der Waals surface area contributed by atoms with Crippen LogP contribution in [0, 0.1) is 0 Å². The van der Waals surface area contributed by atoms with Crippen LogP contribution in [-0.4, -0.2) is 45.8 Å². The lowest BCUT2D eigenvalue weighted by Crippen LogP contribution is -2.37. The van der Waals surface area contributed by atoms with Gasteiger partial charge in [-0.25, -0.2) is 13.2 Å². The Morgan fingerprint density at radius 3 is 2.40 bits per heavy atom. The van der Waals surface area contributed by atoms with E-state index >= 15 is 0 Å². The van der Waals surface area contributed by atoms with Gasteiger partial charge in [0, 0.05) is 18.8 Å². The minimum absolute atomic E-state index is 0.0573. The van der Waals surface area contributed by atoms with Crippen molar-refractivity contribution in [1.82, 2.24) is 0 Å². The van der Waals surface area contributed by atoms with Crippen LogP contribution in [0.15, 0.2) is 53.4 Å². The largest absolute Gasteiger partial charge is 0.478 e. The maximum atomic E-state index is 12.9. The fourth-order valence-electron chi connectivity index (χ4n) is 2.64. The third-order valence-electron chi connectivity index (χ3n) is 3.87. The lowest BCUT2D eigenvalue weighted by atomic mass is 10.2. The number of hydrogen-bond donors (Lipinski definition) is 2. The number of nitrogens with zero attached hydrogens (tertiary/aromatic N) is 1. The Bertz CT molecular complexity index is 862. The number of sulfonamides is 1. The molecule has 2 N–H and O–H groups in total. The zero-order valence-corrected chi connectivity index (χ0v) is 14.2. The van der Waals surface area contributed by atoms with Gasteiger partial charge in [0.05, 0.1) is 24.5 Å². The summed E-state index contributed by atoms with van der Waals surface area (Å²) in [5.74, 6) is -1.18. The summed E-state index contributed by atoms with van der Waals surface area (Å²) in [7, 11) is -3.95. The lowest BCUT2D eigenvalue weighted by molar-refractivity contribution is 0.0696. The Morgan fingerprint density at radius 2 is 1.76 bits per heavy atom. The molecule has 132 valence electrons. The summed E-state index contributed by atoms with van der Waals surface area (Å²) in [6.07, 6.45) is 0. The van der Waals surface area contributed by atoms with Crippen LogP contribution < -0.4 is 9.62 Å². The summed E-state index contributed by atoms with van der Waals surface area (Å²) >= 11 is 0. The van der Waals surface area contributed by atoms with E-state index in [2.05, 4.69) is 4.72 Å². The molecule has 0 saturated carbocycles. The van der Waals surface area contributed by atoms with Crippen LogP contribution in [-0.2, 0) is 14.8 Å². The van der Waals surface area contributed by atoms with Crippen LogP contribution in [0.3, 0.4) is 0 Å². The molecule has 0 aliphatic carbocycles. The van der Waals surface area contributed by atoms with Gasteiger partial charge in [-0.2, -0.15) is 0 Å². The third-order valence-corrected chi connectivity index (χ3v) is 5.28. The molecule has 1 aliphatic rings. The van der Waals surface area contributed by atoms with Crippen LogP contribution in [0.5, 0.6) is 0 Å². The molecule has 1 heterocycles. The fraction of sp³-hybridized carbons (Fsp3) is 0.235. The molecule has 2 aromatic rings. The fourth-order valence-corrected chi connectivity index (χ4v) is 3.96. The van der Waals surface area contributed by atoms with Crippen LogP contribution in [0.4, 0.5) is 11.4 Å². The van der Waals surface area contributed by atoms with Crippen molar-refractivity contribution in [1.29, 1.82) is 0 Å². The van der Waals surface area contributed by atoms with E-state index in [0.29, 0.717) is 37.7 Å². The molecule has 0 spiro atoms. The molecule has 1 aliphatic heterocycles. The number of nitrogens with one attached hydrogen (secondary N) is 1. The average molecular weight is 362 g/mol. The number of hydrogen-bond acceptors (Lipinski definition) is 5. The van der Waals surface area contributed by atoms with Gasteiger partial charge in [0.2, 0.25) is 0 Å². The number of carboxylic acids is 1. The Kier molecular flexibility index (Phi) is 4.91. The highest BCUT2D eigenvalue weighted by atomic mass is 32.2. The first-order chi connectivity index (χ1) is 12.0. The van der Waals surface area contributed by atoms with Crippen molar-refractivity contribution >= 4 is 27.4 Å². The maximum absolute atomic E-state index is 12.9. The van der Waals surface area contributed by atoms with E-state index in [1.807, 2.05) is 4.90 Å². The zero-order valence-electron chi connectivity index (χ0n) is 13.4. The first-order valence-electron chi connectivity index (χ1n) is 7.75. The molecule has 0 atom stereocenters. The minimum atomic E-state index is -3.95. The van der Waals surface area contributed by atoms with Crippen molar-refractivity contribution < 1.29 is 23.1 Å². The van der Waals surface area contributed by atoms with Crippen LogP contribution in [0.25, 0.3) is 0 Å². The highest BCUT2D eigenvalue weighted by molar-refractivity contribution is 7.92. The second-order valence-corrected chi connectivity index (χ2v) is 7.21. The highest BCUT2D eigenvalue weighted by Gasteiger charge is 2.25. The predicted molar refractivity (Wildman–Crippen MR) is 93.7 cm³/mol. The summed E-state index contributed by atoms with van der Waals surface area (Å²) in [4.78, 5) is 13.1. The summed E-state index contributed by atoms with van der Waals surface area (Å²) in [6.45, 7) is 2.07. The van der Waals surface area contributed by atoms with E-state index in [0.717, 1.165) is 0 Å². The van der Waals surface area contributed by atoms with Crippen LogP contribution >= 0.6 is 0 Å². The molecular weight excluding hydrogens is 344 g/mol. The molecule has 2 aromatic carbocycles. The molecule has 0 radical (unpaired) electrons. The first-order valence-corrected chi connectivity index (χ1v) is 9.23. The zero-order chi connectivity index (χ0) is 17.9. The van der Waals surface area contributed by atoms with E-state index in [9.17, 15) is 18.3 Å². The summed E-state index contributed by atoms with van der Waals surface area (Å²) in [5.41, 5.74) is 0.804. The Labute approximate surface area is 145 Å². The van der Waals surface area contributed by atoms with E-state index < -0.39 is 16.0 Å². The van der Waals surface area contributed by atoms with Crippen molar-refractivity contribution in [2.75, 3.05) is 35.9 Å². The van der Waals surface area contributed by atoms with Crippen molar-refractivity contribution in [3.05, 3.63) is 54.1 Å². The second kappa shape index (κ2) is 7.12. The van der Waals surface area contributed by atoms with Gasteiger partial charge in [0.1, 0.15) is 4.90 Å². The monoisotopic (exact) mass is 362 g/mol. The lowest BCUT2D eigenvalue weighted by Gasteiger charge is -2.30. The average Bonchev–Trinajstić information content (AvgIpc) is 2.62. The van der Waals surface area contributed by atoms with Gasteiger partial charge in [-0.15, -0.1) is 0 Å². The van der Waals surface area contributed by atoms with E-state index in [4.69, 9.17) is 4.74 Å². The molecule has 25 heavy (non-hydrogen) atoms. The van der Waals surface area contributed by atoms with Gasteiger partial charge in [0.25, 0.3) is 10.0 Å². The van der Waals surface area contributed by atoms with Gasteiger partial charge in [-0.3, -0.25) is 4.72 Å². The van der Waals surface area contributed by atoms with E-state index in [1.165, 1.54) is 18.2 Å². The molecular formula is C17H18N2O5S. The first kappa shape index (κ1) is 17.2. The number of morpholine rings is 1. The predicted octanol–water partition coefficient (Wildman–Crippen LogP) is 2.02. The SMILES string of the molecule is O=C(O)c1ccc(N2CCOCC2)c(S(=O)(=O)Nc2ccccc2)c1. The van der Waals surface area contributed by atoms with Crippen molar-refractivity contribution in [3.63, 3.8) is 0 Å². The Balaban J connectivity index is 2.04. The number of anilines is 2. The molecule has 0 unspecified atom stereocenters. The van der Waals surface area contributed by atoms with Crippen molar-refractivity contribution in [3.8, 4) is 0 Å². The summed E-state index contributed by atoms with van der Waals surface area (Å²) < 4.78 is 33.6. The standard InChI is InChI=1S/C17H18N2O5S/c20-17(21)13-6-7-15(19-8-10-24-11-9-19)16(12-13)25(22,23)18-14-4-2-1-3-5-14/h1-7,12,18H,8-11H2,(H,20,21). The Morgan fingerprint density at radius 1 is 1.08 bits per heavy atom. The third kappa shape index (κ3) is 3.92. The quantitative estimate of drug-likeness (QED) is 0.845. The maximum Gasteiger partial charge on any atom is 0.335 e. The smallest absolute Gasteiger partial charge is 0.335 e. The number of aromatic carboxylic acids is 1. The number of benzene rings is 2. The number of para-hydroxylation sites is 1. The van der Waals surface area contributed by atoms with Gasteiger partial charge >= 0.3 is 5.97 Å². The molecule has 3 rings (SSSR count). The van der Waals surface area contributed by atoms with E-state index in [-0.39, 0.29) is 10.5 Å². The number of ether oxygens (including phenoxy) is 1. The molecule has 7 nitrogen and oxygen atoms in total. The number of carbonyl (C=O) groups is 1. The summed E-state index contributed by atoms with van der Waals surface area (Å²) in [5, 5.41) is 9.22. The Hall–Kier alpha value is -2.58. The molecule has 0 bridgehead atoms. The highest BCUT2D eigenvalue weighted by Crippen LogP contribution is 2.29. The molecule has 8 heteroatoms.